The molecule has 0 fully saturated rings. The number of halogens is 1. The topological polar surface area (TPSA) is 85.6 Å². The highest BCUT2D eigenvalue weighted by atomic mass is 35.5. The van der Waals surface area contributed by atoms with Gasteiger partial charge in [-0.05, 0) is 39.0 Å². The van der Waals surface area contributed by atoms with Gasteiger partial charge >= 0.3 is 5.97 Å². The molecule has 0 bridgehead atoms. The van der Waals surface area contributed by atoms with Crippen molar-refractivity contribution in [2.75, 3.05) is 0 Å². The number of esters is 1. The molecule has 0 aliphatic heterocycles. The average Bonchev–Trinajstić information content (AvgIpc) is 2.46. The molecule has 1 amide bonds. The van der Waals surface area contributed by atoms with Crippen LogP contribution in [0, 0.1) is 0 Å². The maximum Gasteiger partial charge on any atom is 0.375 e. The fourth-order valence-electron chi connectivity index (χ4n) is 1.90. The van der Waals surface area contributed by atoms with Gasteiger partial charge in [0.05, 0.1) is 5.39 Å². The van der Waals surface area contributed by atoms with Crippen LogP contribution in [-0.4, -0.2) is 24.0 Å². The molecule has 7 heteroatoms. The zero-order valence-electron chi connectivity index (χ0n) is 12.9. The Morgan fingerprint density at radius 3 is 2.57 bits per heavy atom. The van der Waals surface area contributed by atoms with Crippen molar-refractivity contribution in [3.8, 4) is 0 Å². The summed E-state index contributed by atoms with van der Waals surface area (Å²) in [5.74, 6) is -1.58. The van der Waals surface area contributed by atoms with Crippen molar-refractivity contribution in [1.29, 1.82) is 0 Å². The van der Waals surface area contributed by atoms with E-state index in [0.29, 0.717) is 5.02 Å². The number of nitrogens with one attached hydrogen (secondary N) is 1. The standard InChI is InChI=1S/C16H16ClNO5/c1-8(2)18-15(20)9(3)22-16(21)14-7-12(19)11-6-10(17)4-5-13(11)23-14/h4-9H,1-3H3,(H,18,20)/t9-/m1/s1. The Balaban J connectivity index is 2.23. The molecule has 23 heavy (non-hydrogen) atoms. The minimum absolute atomic E-state index is 0.0769. The Morgan fingerprint density at radius 2 is 1.91 bits per heavy atom. The quantitative estimate of drug-likeness (QED) is 0.866. The molecule has 0 radical (unpaired) electrons. The van der Waals surface area contributed by atoms with Crippen LogP contribution in [-0.2, 0) is 9.53 Å². The van der Waals surface area contributed by atoms with Gasteiger partial charge in [0.1, 0.15) is 5.58 Å². The SMILES string of the molecule is CC(C)NC(=O)[C@@H](C)OC(=O)c1cc(=O)c2cc(Cl)ccc2o1. The minimum Gasteiger partial charge on any atom is -0.449 e. The normalized spacial score (nSPS) is 12.2. The summed E-state index contributed by atoms with van der Waals surface area (Å²) in [7, 11) is 0. The lowest BCUT2D eigenvalue weighted by atomic mass is 10.2. The molecule has 0 unspecified atom stereocenters. The molecule has 0 saturated carbocycles. The Labute approximate surface area is 137 Å². The van der Waals surface area contributed by atoms with Crippen molar-refractivity contribution in [3.63, 3.8) is 0 Å². The van der Waals surface area contributed by atoms with E-state index in [4.69, 9.17) is 20.8 Å². The van der Waals surface area contributed by atoms with Gasteiger partial charge in [0.25, 0.3) is 5.91 Å². The highest BCUT2D eigenvalue weighted by Gasteiger charge is 2.21. The number of hydrogen-bond donors (Lipinski definition) is 1. The molecule has 0 spiro atoms. The van der Waals surface area contributed by atoms with Crippen molar-refractivity contribution in [2.24, 2.45) is 0 Å². The molecular weight excluding hydrogens is 322 g/mol. The Kier molecular flexibility index (Phi) is 5.05. The van der Waals surface area contributed by atoms with E-state index in [-0.39, 0.29) is 22.8 Å². The van der Waals surface area contributed by atoms with Crippen LogP contribution in [0.15, 0.2) is 33.5 Å². The number of amides is 1. The predicted octanol–water partition coefficient (Wildman–Crippen LogP) is 2.52. The molecule has 0 aliphatic rings. The van der Waals surface area contributed by atoms with E-state index in [1.54, 1.807) is 19.9 Å². The maximum atomic E-state index is 12.0. The van der Waals surface area contributed by atoms with Crippen molar-refractivity contribution in [2.45, 2.75) is 32.9 Å². The van der Waals surface area contributed by atoms with Gasteiger partial charge in [0, 0.05) is 17.1 Å². The summed E-state index contributed by atoms with van der Waals surface area (Å²) in [4.78, 5) is 35.8. The van der Waals surface area contributed by atoms with Crippen molar-refractivity contribution in [3.05, 3.63) is 45.3 Å². The fraction of sp³-hybridized carbons (Fsp3) is 0.312. The van der Waals surface area contributed by atoms with Crippen LogP contribution in [0.5, 0.6) is 0 Å². The predicted molar refractivity (Wildman–Crippen MR) is 85.7 cm³/mol. The van der Waals surface area contributed by atoms with Crippen molar-refractivity contribution < 1.29 is 18.7 Å². The zero-order chi connectivity index (χ0) is 17.1. The maximum absolute atomic E-state index is 12.0. The van der Waals surface area contributed by atoms with Gasteiger partial charge in [-0.25, -0.2) is 4.79 Å². The summed E-state index contributed by atoms with van der Waals surface area (Å²) in [6.45, 7) is 5.02. The first-order valence-electron chi connectivity index (χ1n) is 7.02. The average molecular weight is 338 g/mol. The number of ether oxygens (including phenoxy) is 1. The summed E-state index contributed by atoms with van der Waals surface area (Å²) in [5.41, 5.74) is -0.201. The molecule has 0 aliphatic carbocycles. The number of benzene rings is 1. The molecule has 1 atom stereocenters. The number of carbonyl (C=O) groups excluding carboxylic acids is 2. The molecule has 1 aromatic carbocycles. The van der Waals surface area contributed by atoms with Crippen molar-refractivity contribution in [1.82, 2.24) is 5.32 Å². The first-order valence-corrected chi connectivity index (χ1v) is 7.40. The Morgan fingerprint density at radius 1 is 1.22 bits per heavy atom. The van der Waals surface area contributed by atoms with Gasteiger partial charge in [-0.2, -0.15) is 0 Å². The number of fused-ring (bicyclic) bond motifs is 1. The lowest BCUT2D eigenvalue weighted by molar-refractivity contribution is -0.129. The molecular formula is C16H16ClNO5. The van der Waals surface area contributed by atoms with Gasteiger partial charge in [-0.1, -0.05) is 11.6 Å². The van der Waals surface area contributed by atoms with Crippen LogP contribution >= 0.6 is 11.6 Å². The number of hydrogen-bond acceptors (Lipinski definition) is 5. The van der Waals surface area contributed by atoms with E-state index in [1.165, 1.54) is 19.1 Å². The lowest BCUT2D eigenvalue weighted by Crippen LogP contribution is -2.39. The van der Waals surface area contributed by atoms with Gasteiger partial charge in [0.2, 0.25) is 5.76 Å². The Bertz CT molecular complexity index is 812. The Hall–Kier alpha value is -2.34. The monoisotopic (exact) mass is 337 g/mol. The third-order valence-corrected chi connectivity index (χ3v) is 3.21. The van der Waals surface area contributed by atoms with Crippen molar-refractivity contribution >= 4 is 34.4 Å². The second-order valence-corrected chi connectivity index (χ2v) is 5.76. The minimum atomic E-state index is -1.00. The summed E-state index contributed by atoms with van der Waals surface area (Å²) in [5, 5.41) is 3.28. The third-order valence-electron chi connectivity index (χ3n) is 2.97. The van der Waals surface area contributed by atoms with E-state index in [9.17, 15) is 14.4 Å². The largest absolute Gasteiger partial charge is 0.449 e. The van der Waals surface area contributed by atoms with Crippen LogP contribution in [0.2, 0.25) is 5.02 Å². The molecule has 1 heterocycles. The summed E-state index contributed by atoms with van der Waals surface area (Å²) >= 11 is 5.82. The zero-order valence-corrected chi connectivity index (χ0v) is 13.6. The van der Waals surface area contributed by atoms with Gasteiger partial charge in [-0.3, -0.25) is 9.59 Å². The number of rotatable bonds is 4. The van der Waals surface area contributed by atoms with E-state index in [0.717, 1.165) is 6.07 Å². The van der Waals surface area contributed by atoms with Crippen LogP contribution in [0.25, 0.3) is 11.0 Å². The highest BCUT2D eigenvalue weighted by Crippen LogP contribution is 2.18. The summed E-state index contributed by atoms with van der Waals surface area (Å²) < 4.78 is 10.4. The molecule has 6 nitrogen and oxygen atoms in total. The van der Waals surface area contributed by atoms with Gasteiger partial charge in [0.15, 0.2) is 11.5 Å². The molecule has 2 aromatic rings. The van der Waals surface area contributed by atoms with Gasteiger partial charge in [-0.15, -0.1) is 0 Å². The lowest BCUT2D eigenvalue weighted by Gasteiger charge is -2.15. The number of carbonyl (C=O) groups is 2. The summed E-state index contributed by atoms with van der Waals surface area (Å²) in [6, 6.07) is 5.43. The first kappa shape index (κ1) is 17.0. The first-order chi connectivity index (χ1) is 10.8. The van der Waals surface area contributed by atoms with E-state index in [1.807, 2.05) is 0 Å². The van der Waals surface area contributed by atoms with Crippen LogP contribution in [0.3, 0.4) is 0 Å². The molecule has 0 saturated heterocycles. The van der Waals surface area contributed by atoms with E-state index in [2.05, 4.69) is 5.32 Å². The molecule has 1 aromatic heterocycles. The van der Waals surface area contributed by atoms with Crippen LogP contribution < -0.4 is 10.7 Å². The highest BCUT2D eigenvalue weighted by molar-refractivity contribution is 6.31. The van der Waals surface area contributed by atoms with Crippen LogP contribution in [0.4, 0.5) is 0 Å². The third kappa shape index (κ3) is 4.10. The van der Waals surface area contributed by atoms with E-state index >= 15 is 0 Å². The molecule has 1 N–H and O–H groups in total. The van der Waals surface area contributed by atoms with Gasteiger partial charge < -0.3 is 14.5 Å². The van der Waals surface area contributed by atoms with E-state index < -0.39 is 23.4 Å². The fourth-order valence-corrected chi connectivity index (χ4v) is 2.08. The second-order valence-electron chi connectivity index (χ2n) is 5.33. The molecule has 2 rings (SSSR count). The smallest absolute Gasteiger partial charge is 0.375 e. The van der Waals surface area contributed by atoms with Crippen LogP contribution in [0.1, 0.15) is 31.3 Å². The summed E-state index contributed by atoms with van der Waals surface area (Å²) in [6.07, 6.45) is -1.00. The molecule has 122 valence electrons. The second kappa shape index (κ2) is 6.83.